The quantitative estimate of drug-likeness (QED) is 0.795. The Balaban J connectivity index is 2.55. The minimum atomic E-state index is 0.342. The SMILES string of the molecule is COc1ccccc1C(C)NCCC(C)C. The summed E-state index contributed by atoms with van der Waals surface area (Å²) in [7, 11) is 1.72. The average Bonchev–Trinajstić information content (AvgIpc) is 2.28. The maximum atomic E-state index is 5.35. The van der Waals surface area contributed by atoms with Crippen molar-refractivity contribution in [3.8, 4) is 5.75 Å². The van der Waals surface area contributed by atoms with Gasteiger partial charge in [-0.25, -0.2) is 0 Å². The molecular formula is C14H23NO. The monoisotopic (exact) mass is 221 g/mol. The number of methoxy groups -OCH3 is 1. The summed E-state index contributed by atoms with van der Waals surface area (Å²) in [5.41, 5.74) is 1.23. The smallest absolute Gasteiger partial charge is 0.123 e. The first-order valence-corrected chi connectivity index (χ1v) is 6.01. The molecule has 1 unspecified atom stereocenters. The first-order valence-electron chi connectivity index (χ1n) is 6.01. The number of nitrogens with one attached hydrogen (secondary N) is 1. The van der Waals surface area contributed by atoms with Crippen LogP contribution in [0.15, 0.2) is 24.3 Å². The van der Waals surface area contributed by atoms with E-state index < -0.39 is 0 Å². The second kappa shape index (κ2) is 6.54. The summed E-state index contributed by atoms with van der Waals surface area (Å²) in [5, 5.41) is 3.52. The van der Waals surface area contributed by atoms with Crippen LogP contribution in [0.5, 0.6) is 5.75 Å². The number of ether oxygens (including phenoxy) is 1. The maximum Gasteiger partial charge on any atom is 0.123 e. The van der Waals surface area contributed by atoms with Gasteiger partial charge in [-0.15, -0.1) is 0 Å². The molecule has 0 aliphatic rings. The fourth-order valence-corrected chi connectivity index (χ4v) is 1.72. The molecule has 0 saturated carbocycles. The van der Waals surface area contributed by atoms with E-state index in [1.165, 1.54) is 12.0 Å². The van der Waals surface area contributed by atoms with Gasteiger partial charge in [-0.2, -0.15) is 0 Å². The van der Waals surface area contributed by atoms with Crippen LogP contribution in [0.4, 0.5) is 0 Å². The van der Waals surface area contributed by atoms with Gasteiger partial charge >= 0.3 is 0 Å². The molecule has 0 heterocycles. The van der Waals surface area contributed by atoms with E-state index >= 15 is 0 Å². The Labute approximate surface area is 99.0 Å². The Morgan fingerprint density at radius 1 is 1.19 bits per heavy atom. The minimum absolute atomic E-state index is 0.342. The molecule has 0 fully saturated rings. The number of hydrogen-bond acceptors (Lipinski definition) is 2. The van der Waals surface area contributed by atoms with Crippen LogP contribution in [-0.4, -0.2) is 13.7 Å². The van der Waals surface area contributed by atoms with Crippen molar-refractivity contribution < 1.29 is 4.74 Å². The molecule has 0 aliphatic carbocycles. The second-order valence-electron chi connectivity index (χ2n) is 4.60. The van der Waals surface area contributed by atoms with Gasteiger partial charge in [0.15, 0.2) is 0 Å². The molecule has 1 atom stereocenters. The summed E-state index contributed by atoms with van der Waals surface area (Å²) in [6.45, 7) is 7.72. The molecule has 2 nitrogen and oxygen atoms in total. The summed E-state index contributed by atoms with van der Waals surface area (Å²) in [6, 6.07) is 8.53. The molecule has 0 aliphatic heterocycles. The zero-order chi connectivity index (χ0) is 12.0. The van der Waals surface area contributed by atoms with E-state index in [0.717, 1.165) is 18.2 Å². The van der Waals surface area contributed by atoms with Crippen LogP contribution in [0.1, 0.15) is 38.8 Å². The highest BCUT2D eigenvalue weighted by atomic mass is 16.5. The van der Waals surface area contributed by atoms with Crippen LogP contribution in [0.3, 0.4) is 0 Å². The highest BCUT2D eigenvalue weighted by Gasteiger charge is 2.09. The molecule has 0 amide bonds. The van der Waals surface area contributed by atoms with Gasteiger partial charge in [0.25, 0.3) is 0 Å². The molecule has 0 saturated heterocycles. The number of hydrogen-bond donors (Lipinski definition) is 1. The number of benzene rings is 1. The van der Waals surface area contributed by atoms with Gasteiger partial charge < -0.3 is 10.1 Å². The standard InChI is InChI=1S/C14H23NO/c1-11(2)9-10-15-12(3)13-7-5-6-8-14(13)16-4/h5-8,11-12,15H,9-10H2,1-4H3. The molecule has 90 valence electrons. The molecule has 0 bridgehead atoms. The number of rotatable bonds is 6. The average molecular weight is 221 g/mol. The molecule has 1 rings (SSSR count). The highest BCUT2D eigenvalue weighted by molar-refractivity contribution is 5.35. The lowest BCUT2D eigenvalue weighted by molar-refractivity contribution is 0.400. The topological polar surface area (TPSA) is 21.3 Å². The van der Waals surface area contributed by atoms with E-state index in [9.17, 15) is 0 Å². The zero-order valence-corrected chi connectivity index (χ0v) is 10.8. The van der Waals surface area contributed by atoms with Gasteiger partial charge in [0, 0.05) is 11.6 Å². The van der Waals surface area contributed by atoms with Crippen LogP contribution in [0.25, 0.3) is 0 Å². The Hall–Kier alpha value is -1.02. The van der Waals surface area contributed by atoms with Crippen molar-refractivity contribution in [3.05, 3.63) is 29.8 Å². The lowest BCUT2D eigenvalue weighted by Crippen LogP contribution is -2.21. The molecule has 2 heteroatoms. The Bertz CT molecular complexity index is 309. The van der Waals surface area contributed by atoms with Gasteiger partial charge in [-0.05, 0) is 31.9 Å². The van der Waals surface area contributed by atoms with Gasteiger partial charge in [0.05, 0.1) is 7.11 Å². The molecule has 1 aromatic rings. The largest absolute Gasteiger partial charge is 0.496 e. The lowest BCUT2D eigenvalue weighted by Gasteiger charge is -2.17. The van der Waals surface area contributed by atoms with E-state index in [-0.39, 0.29) is 0 Å². The predicted molar refractivity (Wildman–Crippen MR) is 68.9 cm³/mol. The molecule has 16 heavy (non-hydrogen) atoms. The second-order valence-corrected chi connectivity index (χ2v) is 4.60. The van der Waals surface area contributed by atoms with Crippen LogP contribution >= 0.6 is 0 Å². The molecule has 1 aromatic carbocycles. The van der Waals surface area contributed by atoms with Crippen molar-refractivity contribution >= 4 is 0 Å². The summed E-state index contributed by atoms with van der Waals surface area (Å²) in [6.07, 6.45) is 1.21. The van der Waals surface area contributed by atoms with Crippen molar-refractivity contribution in [1.82, 2.24) is 5.32 Å². The normalized spacial score (nSPS) is 12.8. The maximum absolute atomic E-state index is 5.35. The predicted octanol–water partition coefficient (Wildman–Crippen LogP) is 3.39. The van der Waals surface area contributed by atoms with E-state index in [1.54, 1.807) is 7.11 Å². The first kappa shape index (κ1) is 13.0. The summed E-state index contributed by atoms with van der Waals surface area (Å²) < 4.78 is 5.35. The number of para-hydroxylation sites is 1. The Kier molecular flexibility index (Phi) is 5.33. The van der Waals surface area contributed by atoms with Gasteiger partial charge in [0.1, 0.15) is 5.75 Å². The van der Waals surface area contributed by atoms with Crippen molar-refractivity contribution in [2.45, 2.75) is 33.2 Å². The van der Waals surface area contributed by atoms with Gasteiger partial charge in [-0.3, -0.25) is 0 Å². The van der Waals surface area contributed by atoms with E-state index in [0.29, 0.717) is 6.04 Å². The molecule has 0 radical (unpaired) electrons. The lowest BCUT2D eigenvalue weighted by atomic mass is 10.1. The molecule has 1 N–H and O–H groups in total. The molecular weight excluding hydrogens is 198 g/mol. The summed E-state index contributed by atoms with van der Waals surface area (Å²) in [5.74, 6) is 1.71. The Morgan fingerprint density at radius 2 is 1.88 bits per heavy atom. The minimum Gasteiger partial charge on any atom is -0.496 e. The first-order chi connectivity index (χ1) is 7.65. The van der Waals surface area contributed by atoms with Crippen LogP contribution in [-0.2, 0) is 0 Å². The van der Waals surface area contributed by atoms with Crippen molar-refractivity contribution in [2.75, 3.05) is 13.7 Å². The highest BCUT2D eigenvalue weighted by Crippen LogP contribution is 2.24. The van der Waals surface area contributed by atoms with Crippen LogP contribution in [0, 0.1) is 5.92 Å². The van der Waals surface area contributed by atoms with Crippen LogP contribution < -0.4 is 10.1 Å². The molecule has 0 spiro atoms. The Morgan fingerprint density at radius 3 is 2.50 bits per heavy atom. The fourth-order valence-electron chi connectivity index (χ4n) is 1.72. The van der Waals surface area contributed by atoms with Crippen molar-refractivity contribution in [2.24, 2.45) is 5.92 Å². The van der Waals surface area contributed by atoms with Crippen LogP contribution in [0.2, 0.25) is 0 Å². The summed E-state index contributed by atoms with van der Waals surface area (Å²) in [4.78, 5) is 0. The van der Waals surface area contributed by atoms with Crippen molar-refractivity contribution in [3.63, 3.8) is 0 Å². The van der Waals surface area contributed by atoms with Gasteiger partial charge in [0.2, 0.25) is 0 Å². The third-order valence-corrected chi connectivity index (χ3v) is 2.78. The fraction of sp³-hybridized carbons (Fsp3) is 0.571. The third-order valence-electron chi connectivity index (χ3n) is 2.78. The zero-order valence-electron chi connectivity index (χ0n) is 10.8. The summed E-state index contributed by atoms with van der Waals surface area (Å²) >= 11 is 0. The van der Waals surface area contributed by atoms with E-state index in [2.05, 4.69) is 38.2 Å². The molecule has 0 aromatic heterocycles. The van der Waals surface area contributed by atoms with E-state index in [4.69, 9.17) is 4.74 Å². The van der Waals surface area contributed by atoms with Crippen molar-refractivity contribution in [1.29, 1.82) is 0 Å². The third kappa shape index (κ3) is 3.86. The van der Waals surface area contributed by atoms with Gasteiger partial charge in [-0.1, -0.05) is 32.0 Å². The van der Waals surface area contributed by atoms with E-state index in [1.807, 2.05) is 12.1 Å².